The molecule has 5 atom stereocenters. The topological polar surface area (TPSA) is 95.0 Å². The van der Waals surface area contributed by atoms with Gasteiger partial charge in [-0.3, -0.25) is 14.3 Å². The molecule has 0 aliphatic carbocycles. The molecule has 9 nitrogen and oxygen atoms in total. The number of likely N-dealkylation sites (N-methyl/N-ethyl adjacent to an activating group) is 1. The van der Waals surface area contributed by atoms with Gasteiger partial charge < -0.3 is 18.2 Å². The van der Waals surface area contributed by atoms with Crippen molar-refractivity contribution < 1.29 is 18.2 Å². The van der Waals surface area contributed by atoms with Crippen molar-refractivity contribution in [2.45, 2.75) is 77.5 Å². The minimum atomic E-state index is -2.85. The Morgan fingerprint density at radius 1 is 1.05 bits per heavy atom. The molecule has 0 radical (unpaired) electrons. The first-order valence-electron chi connectivity index (χ1n) is 15.0. The van der Waals surface area contributed by atoms with E-state index in [4.69, 9.17) is 18.2 Å². The average molecular weight is 626 g/mol. The third-order valence-electron chi connectivity index (χ3n) is 8.44. The highest BCUT2D eigenvalue weighted by molar-refractivity contribution is 7.44. The molecule has 232 valence electrons. The maximum Gasteiger partial charge on any atom is 0.330 e. The summed E-state index contributed by atoms with van der Waals surface area (Å²) in [7, 11) is -2.14. The average Bonchev–Trinajstić information content (AvgIpc) is 3.54. The van der Waals surface area contributed by atoms with Crippen molar-refractivity contribution in [3.05, 3.63) is 93.3 Å². The quantitative estimate of drug-likeness (QED) is 0.280. The summed E-state index contributed by atoms with van der Waals surface area (Å²) in [5.74, 6) is 0.364. The Morgan fingerprint density at radius 3 is 2.19 bits per heavy atom. The van der Waals surface area contributed by atoms with Gasteiger partial charge in [-0.1, -0.05) is 95.3 Å². The van der Waals surface area contributed by atoms with Crippen LogP contribution in [0.2, 0.25) is 5.04 Å². The predicted molar refractivity (Wildman–Crippen MR) is 172 cm³/mol. The van der Waals surface area contributed by atoms with Crippen LogP contribution in [-0.2, 0) is 18.2 Å². The Kier molecular flexibility index (Phi) is 9.59. The smallest absolute Gasteiger partial charge is 0.330 e. The minimum Gasteiger partial charge on any atom is -0.405 e. The molecule has 3 heterocycles. The van der Waals surface area contributed by atoms with E-state index in [0.717, 1.165) is 6.54 Å². The van der Waals surface area contributed by atoms with E-state index in [1.54, 1.807) is 13.1 Å². The number of ether oxygens (including phenoxy) is 1. The molecule has 1 aromatic heterocycles. The molecule has 1 N–H and O–H groups in total. The van der Waals surface area contributed by atoms with Crippen molar-refractivity contribution in [2.75, 3.05) is 20.2 Å². The number of benzene rings is 2. The van der Waals surface area contributed by atoms with E-state index in [-0.39, 0.29) is 23.9 Å². The molecule has 2 fully saturated rings. The van der Waals surface area contributed by atoms with Crippen LogP contribution >= 0.6 is 8.53 Å². The van der Waals surface area contributed by atoms with Gasteiger partial charge in [0.1, 0.15) is 12.3 Å². The van der Waals surface area contributed by atoms with Crippen LogP contribution in [0.25, 0.3) is 0 Å². The van der Waals surface area contributed by atoms with Gasteiger partial charge in [0.25, 0.3) is 22.4 Å². The third kappa shape index (κ3) is 6.52. The molecule has 43 heavy (non-hydrogen) atoms. The monoisotopic (exact) mass is 625 g/mol. The second-order valence-corrected chi connectivity index (χ2v) is 18.8. The Morgan fingerprint density at radius 2 is 1.65 bits per heavy atom. The highest BCUT2D eigenvalue weighted by atomic mass is 31.2. The lowest BCUT2D eigenvalue weighted by atomic mass is 10.1. The van der Waals surface area contributed by atoms with E-state index in [2.05, 4.69) is 92.8 Å². The van der Waals surface area contributed by atoms with E-state index in [1.165, 1.54) is 14.9 Å². The molecule has 3 aromatic rings. The van der Waals surface area contributed by atoms with Gasteiger partial charge in [0.15, 0.2) is 0 Å². The number of aryl methyl sites for hydroxylation is 1. The molecule has 2 aromatic carbocycles. The molecule has 0 amide bonds. The van der Waals surface area contributed by atoms with Gasteiger partial charge in [-0.05, 0) is 35.3 Å². The van der Waals surface area contributed by atoms with Gasteiger partial charge in [0, 0.05) is 24.7 Å². The first-order chi connectivity index (χ1) is 20.4. The number of hydrogen-bond acceptors (Lipinski definition) is 7. The second kappa shape index (κ2) is 12.9. The molecule has 5 rings (SSSR count). The van der Waals surface area contributed by atoms with Crippen LogP contribution in [0.4, 0.5) is 0 Å². The molecule has 2 aliphatic heterocycles. The molecule has 2 saturated heterocycles. The Bertz CT molecular complexity index is 1450. The summed E-state index contributed by atoms with van der Waals surface area (Å²) < 4.78 is 30.4. The lowest BCUT2D eigenvalue weighted by Crippen LogP contribution is -2.67. The van der Waals surface area contributed by atoms with E-state index >= 15 is 0 Å². The van der Waals surface area contributed by atoms with Crippen LogP contribution < -0.4 is 21.6 Å². The van der Waals surface area contributed by atoms with Crippen LogP contribution in [0.1, 0.15) is 52.8 Å². The van der Waals surface area contributed by atoms with E-state index in [0.29, 0.717) is 17.9 Å². The summed E-state index contributed by atoms with van der Waals surface area (Å²) in [6.07, 6.45) is 0.593. The lowest BCUT2D eigenvalue weighted by molar-refractivity contribution is -0.0397. The summed E-state index contributed by atoms with van der Waals surface area (Å²) in [5, 5.41) is 2.15. The van der Waals surface area contributed by atoms with Crippen LogP contribution in [0.5, 0.6) is 0 Å². The van der Waals surface area contributed by atoms with Crippen LogP contribution in [0.3, 0.4) is 0 Å². The Balaban J connectivity index is 1.49. The first-order valence-corrected chi connectivity index (χ1v) is 18.0. The minimum absolute atomic E-state index is 0.0884. The number of rotatable bonds is 9. The van der Waals surface area contributed by atoms with Gasteiger partial charge in [-0.2, -0.15) is 0 Å². The number of H-pyrrole nitrogens is 1. The summed E-state index contributed by atoms with van der Waals surface area (Å²) in [6.45, 7) is 13.8. The molecule has 0 saturated carbocycles. The van der Waals surface area contributed by atoms with Gasteiger partial charge >= 0.3 is 5.69 Å². The predicted octanol–water partition coefficient (Wildman–Crippen LogP) is 4.31. The van der Waals surface area contributed by atoms with Crippen molar-refractivity contribution in [1.29, 1.82) is 0 Å². The lowest BCUT2D eigenvalue weighted by Gasteiger charge is -2.43. The molecule has 1 unspecified atom stereocenters. The SMILES string of the molecule is Cc1cn([C@H]2C[C@H](OP3O[C@H](C(C)C)CN3C)[C@@H](CO[Si](c3ccccc3)(c3ccccc3)C(C)(C)C)O2)c(=O)[nH]c1=O. The van der Waals surface area contributed by atoms with Crippen molar-refractivity contribution in [1.82, 2.24) is 14.2 Å². The van der Waals surface area contributed by atoms with Gasteiger partial charge in [-0.15, -0.1) is 0 Å². The summed E-state index contributed by atoms with van der Waals surface area (Å²) in [5.41, 5.74) is -0.466. The van der Waals surface area contributed by atoms with Gasteiger partial charge in [0.05, 0.1) is 18.8 Å². The van der Waals surface area contributed by atoms with Crippen LogP contribution in [0.15, 0.2) is 76.4 Å². The standard InChI is InChI=1S/C32H44N3O6PSi/c1-22(2)27-20-34(7)42(41-27)40-26-18-29(35-19-23(3)30(36)33-31(35)37)39-28(26)21-38-43(32(4,5)6,24-14-10-8-11-15-24)25-16-12-9-13-17-25/h8-17,19,22,26-29H,18,20-21H2,1-7H3,(H,33,36,37)/t26-,27-,28+,29+,42?/m0/s1. The molecule has 2 aliphatic rings. The molecule has 0 bridgehead atoms. The van der Waals surface area contributed by atoms with Crippen molar-refractivity contribution in [2.24, 2.45) is 5.92 Å². The molecular weight excluding hydrogens is 581 g/mol. The summed E-state index contributed by atoms with van der Waals surface area (Å²) >= 11 is 0. The first kappa shape index (κ1) is 32.0. The molecule has 0 spiro atoms. The number of nitrogens with one attached hydrogen (secondary N) is 1. The third-order valence-corrected chi connectivity index (χ3v) is 15.1. The number of aromatic nitrogens is 2. The van der Waals surface area contributed by atoms with E-state index < -0.39 is 40.4 Å². The summed E-state index contributed by atoms with van der Waals surface area (Å²) in [4.78, 5) is 27.4. The van der Waals surface area contributed by atoms with E-state index in [1.807, 2.05) is 19.2 Å². The normalized spacial score (nSPS) is 25.1. The fourth-order valence-electron chi connectivity index (χ4n) is 6.01. The zero-order valence-electron chi connectivity index (χ0n) is 26.2. The van der Waals surface area contributed by atoms with Gasteiger partial charge in [-0.25, -0.2) is 9.46 Å². The highest BCUT2D eigenvalue weighted by Gasteiger charge is 2.52. The largest absolute Gasteiger partial charge is 0.405 e. The van der Waals surface area contributed by atoms with E-state index in [9.17, 15) is 9.59 Å². The van der Waals surface area contributed by atoms with Crippen molar-refractivity contribution >= 4 is 27.2 Å². The highest BCUT2D eigenvalue weighted by Crippen LogP contribution is 2.52. The fourth-order valence-corrected chi connectivity index (χ4v) is 12.2. The fraction of sp³-hybridized carbons (Fsp3) is 0.500. The van der Waals surface area contributed by atoms with Crippen molar-refractivity contribution in [3.8, 4) is 0 Å². The zero-order chi connectivity index (χ0) is 30.9. The number of hydrogen-bond donors (Lipinski definition) is 1. The Hall–Kier alpha value is -2.43. The van der Waals surface area contributed by atoms with Gasteiger partial charge in [0.2, 0.25) is 0 Å². The summed E-state index contributed by atoms with van der Waals surface area (Å²) in [6, 6.07) is 21.0. The van der Waals surface area contributed by atoms with Crippen LogP contribution in [0, 0.1) is 12.8 Å². The second-order valence-electron chi connectivity index (χ2n) is 12.9. The number of aromatic amines is 1. The Labute approximate surface area is 256 Å². The van der Waals surface area contributed by atoms with Crippen LogP contribution in [-0.4, -0.2) is 61.1 Å². The molecule has 11 heteroatoms. The number of nitrogens with zero attached hydrogens (tertiary/aromatic N) is 2. The maximum absolute atomic E-state index is 12.9. The van der Waals surface area contributed by atoms with Crippen molar-refractivity contribution in [3.63, 3.8) is 0 Å². The zero-order valence-corrected chi connectivity index (χ0v) is 28.0. The maximum atomic E-state index is 12.9. The molecular formula is C32H44N3O6PSi.